The molecule has 0 fully saturated rings. The first-order valence-electron chi connectivity index (χ1n) is 4.51. The van der Waals surface area contributed by atoms with Crippen molar-refractivity contribution < 1.29 is 9.84 Å². The topological polar surface area (TPSA) is 41.5 Å². The number of hydrogen-bond acceptors (Lipinski definition) is 4. The summed E-state index contributed by atoms with van der Waals surface area (Å²) in [6.45, 7) is 0.170. The number of nitrogens with one attached hydrogen (secondary N) is 1. The van der Waals surface area contributed by atoms with E-state index in [1.165, 1.54) is 4.90 Å². The van der Waals surface area contributed by atoms with Crippen LogP contribution >= 0.6 is 11.8 Å². The van der Waals surface area contributed by atoms with Gasteiger partial charge in [0.1, 0.15) is 5.75 Å². The van der Waals surface area contributed by atoms with E-state index in [0.717, 1.165) is 17.2 Å². The van der Waals surface area contributed by atoms with Gasteiger partial charge >= 0.3 is 0 Å². The summed E-state index contributed by atoms with van der Waals surface area (Å²) in [6.07, 6.45) is 0. The fourth-order valence-corrected chi connectivity index (χ4v) is 2.43. The Hall–Kier alpha value is -0.870. The number of aliphatic hydroxyl groups excluding tert-OH is 1. The second-order valence-corrected chi connectivity index (χ2v) is 4.26. The van der Waals surface area contributed by atoms with E-state index < -0.39 is 0 Å². The molecular formula is C10H13NO2S. The van der Waals surface area contributed by atoms with Crippen molar-refractivity contribution in [2.24, 2.45) is 0 Å². The monoisotopic (exact) mass is 211 g/mol. The Morgan fingerprint density at radius 2 is 2.50 bits per heavy atom. The van der Waals surface area contributed by atoms with Crippen molar-refractivity contribution in [1.82, 2.24) is 0 Å². The van der Waals surface area contributed by atoms with Gasteiger partial charge in [-0.2, -0.15) is 0 Å². The molecule has 2 N–H and O–H groups in total. The first kappa shape index (κ1) is 9.68. The Labute approximate surface area is 87.5 Å². The van der Waals surface area contributed by atoms with Crippen LogP contribution in [0.15, 0.2) is 23.1 Å². The molecule has 0 radical (unpaired) electrons. The molecule has 0 saturated heterocycles. The molecule has 1 heterocycles. The molecular weight excluding hydrogens is 198 g/mol. The molecule has 1 unspecified atom stereocenters. The fraction of sp³-hybridized carbons (Fsp3) is 0.400. The van der Waals surface area contributed by atoms with Crippen molar-refractivity contribution >= 4 is 17.4 Å². The molecule has 3 nitrogen and oxygen atoms in total. The van der Waals surface area contributed by atoms with Crippen molar-refractivity contribution in [3.05, 3.63) is 18.2 Å². The van der Waals surface area contributed by atoms with Crippen LogP contribution in [-0.2, 0) is 0 Å². The molecule has 2 rings (SSSR count). The van der Waals surface area contributed by atoms with Gasteiger partial charge in [-0.1, -0.05) is 0 Å². The van der Waals surface area contributed by atoms with Gasteiger partial charge in [0.25, 0.3) is 0 Å². The van der Waals surface area contributed by atoms with Crippen LogP contribution in [0.1, 0.15) is 0 Å². The van der Waals surface area contributed by atoms with E-state index in [9.17, 15) is 0 Å². The van der Waals surface area contributed by atoms with E-state index in [1.54, 1.807) is 18.9 Å². The summed E-state index contributed by atoms with van der Waals surface area (Å²) in [5.41, 5.74) is 1.06. The van der Waals surface area contributed by atoms with Gasteiger partial charge in [-0.3, -0.25) is 0 Å². The molecule has 0 bridgehead atoms. The zero-order valence-corrected chi connectivity index (χ0v) is 8.80. The van der Waals surface area contributed by atoms with E-state index in [4.69, 9.17) is 9.84 Å². The van der Waals surface area contributed by atoms with Crippen molar-refractivity contribution in [3.8, 4) is 5.75 Å². The molecule has 0 aromatic heterocycles. The van der Waals surface area contributed by atoms with E-state index >= 15 is 0 Å². The molecule has 1 aliphatic rings. The van der Waals surface area contributed by atoms with Gasteiger partial charge in [0, 0.05) is 16.7 Å². The van der Waals surface area contributed by atoms with Crippen molar-refractivity contribution in [3.63, 3.8) is 0 Å². The Morgan fingerprint density at radius 1 is 1.64 bits per heavy atom. The van der Waals surface area contributed by atoms with Crippen LogP contribution in [0.25, 0.3) is 0 Å². The maximum absolute atomic E-state index is 9.04. The molecule has 1 aliphatic heterocycles. The molecule has 4 heteroatoms. The average Bonchev–Trinajstić information content (AvgIpc) is 2.27. The first-order valence-corrected chi connectivity index (χ1v) is 5.50. The molecule has 0 aliphatic carbocycles. The van der Waals surface area contributed by atoms with E-state index in [2.05, 4.69) is 5.32 Å². The molecule has 0 amide bonds. The molecule has 14 heavy (non-hydrogen) atoms. The minimum atomic E-state index is 0.152. The average molecular weight is 211 g/mol. The highest BCUT2D eigenvalue weighted by molar-refractivity contribution is 7.99. The van der Waals surface area contributed by atoms with E-state index in [-0.39, 0.29) is 12.6 Å². The smallest absolute Gasteiger partial charge is 0.121 e. The maximum Gasteiger partial charge on any atom is 0.121 e. The lowest BCUT2D eigenvalue weighted by Crippen LogP contribution is -2.29. The second-order valence-electron chi connectivity index (χ2n) is 3.20. The van der Waals surface area contributed by atoms with Crippen LogP contribution in [0.4, 0.5) is 5.69 Å². The first-order chi connectivity index (χ1) is 6.83. The number of aliphatic hydroxyl groups is 1. The fourth-order valence-electron chi connectivity index (χ4n) is 1.43. The predicted molar refractivity (Wildman–Crippen MR) is 58.2 cm³/mol. The van der Waals surface area contributed by atoms with Gasteiger partial charge < -0.3 is 15.2 Å². The lowest BCUT2D eigenvalue weighted by molar-refractivity contribution is 0.282. The lowest BCUT2D eigenvalue weighted by atomic mass is 10.2. The molecule has 76 valence electrons. The van der Waals surface area contributed by atoms with Crippen LogP contribution in [-0.4, -0.2) is 30.6 Å². The molecule has 0 spiro atoms. The van der Waals surface area contributed by atoms with Crippen LogP contribution < -0.4 is 10.1 Å². The number of fused-ring (bicyclic) bond motifs is 1. The third-order valence-corrected chi connectivity index (χ3v) is 3.44. The highest BCUT2D eigenvalue weighted by Crippen LogP contribution is 2.35. The van der Waals surface area contributed by atoms with Crippen molar-refractivity contribution in [2.45, 2.75) is 10.9 Å². The highest BCUT2D eigenvalue weighted by Gasteiger charge is 2.17. The van der Waals surface area contributed by atoms with Gasteiger partial charge in [-0.25, -0.2) is 0 Å². The summed E-state index contributed by atoms with van der Waals surface area (Å²) in [5.74, 6) is 1.76. The summed E-state index contributed by atoms with van der Waals surface area (Å²) in [5, 5.41) is 12.3. The summed E-state index contributed by atoms with van der Waals surface area (Å²) in [4.78, 5) is 1.22. The number of hydrogen-bond donors (Lipinski definition) is 2. The van der Waals surface area contributed by atoms with Gasteiger partial charge in [0.15, 0.2) is 0 Å². The third kappa shape index (κ3) is 1.81. The Kier molecular flexibility index (Phi) is 2.84. The zero-order valence-electron chi connectivity index (χ0n) is 7.99. The number of ether oxygens (including phenoxy) is 1. The van der Waals surface area contributed by atoms with Crippen molar-refractivity contribution in [1.29, 1.82) is 0 Å². The van der Waals surface area contributed by atoms with E-state index in [1.807, 2.05) is 18.2 Å². The number of thioether (sulfide) groups is 1. The van der Waals surface area contributed by atoms with Crippen LogP contribution in [0.3, 0.4) is 0 Å². The number of methoxy groups -OCH3 is 1. The Balaban J connectivity index is 2.25. The standard InChI is InChI=1S/C10H13NO2S/c1-13-8-2-3-10-9(4-8)11-7(5-12)6-14-10/h2-4,7,11-12H,5-6H2,1H3. The molecule has 1 aromatic rings. The molecule has 0 saturated carbocycles. The Morgan fingerprint density at radius 3 is 3.21 bits per heavy atom. The SMILES string of the molecule is COc1ccc2c(c1)NC(CO)CS2. The molecule has 1 aromatic carbocycles. The Bertz CT molecular complexity index is 330. The minimum absolute atomic E-state index is 0.152. The number of rotatable bonds is 2. The minimum Gasteiger partial charge on any atom is -0.497 e. The molecule has 1 atom stereocenters. The lowest BCUT2D eigenvalue weighted by Gasteiger charge is -2.25. The largest absolute Gasteiger partial charge is 0.497 e. The quantitative estimate of drug-likeness (QED) is 0.779. The van der Waals surface area contributed by atoms with Crippen molar-refractivity contribution in [2.75, 3.05) is 24.8 Å². The summed E-state index contributed by atoms with van der Waals surface area (Å²) in [6, 6.07) is 6.11. The second kappa shape index (κ2) is 4.11. The van der Waals surface area contributed by atoms with Gasteiger partial charge in [0.05, 0.1) is 25.4 Å². The normalized spacial score (nSPS) is 19.7. The zero-order chi connectivity index (χ0) is 9.97. The number of anilines is 1. The maximum atomic E-state index is 9.04. The van der Waals surface area contributed by atoms with Gasteiger partial charge in [0.2, 0.25) is 0 Å². The predicted octanol–water partition coefficient (Wildman–Crippen LogP) is 1.57. The van der Waals surface area contributed by atoms with Gasteiger partial charge in [-0.15, -0.1) is 11.8 Å². The van der Waals surface area contributed by atoms with Gasteiger partial charge in [-0.05, 0) is 12.1 Å². The number of benzene rings is 1. The summed E-state index contributed by atoms with van der Waals surface area (Å²) >= 11 is 1.76. The third-order valence-electron chi connectivity index (χ3n) is 2.21. The van der Waals surface area contributed by atoms with Crippen LogP contribution in [0.5, 0.6) is 5.75 Å². The highest BCUT2D eigenvalue weighted by atomic mass is 32.2. The summed E-state index contributed by atoms with van der Waals surface area (Å²) in [7, 11) is 1.65. The van der Waals surface area contributed by atoms with E-state index in [0.29, 0.717) is 0 Å². The van der Waals surface area contributed by atoms with Crippen LogP contribution in [0, 0.1) is 0 Å². The summed E-state index contributed by atoms with van der Waals surface area (Å²) < 4.78 is 5.14. The van der Waals surface area contributed by atoms with Crippen LogP contribution in [0.2, 0.25) is 0 Å².